The molecule has 3 rings (SSSR count). The molecular weight excluding hydrogens is 423 g/mol. The molecule has 0 heterocycles. The molecule has 2 aromatic carbocycles. The lowest BCUT2D eigenvalue weighted by molar-refractivity contribution is -0.201. The Bertz CT molecular complexity index is 880. The smallest absolute Gasteiger partial charge is 0.491 e. The van der Waals surface area contributed by atoms with Crippen LogP contribution in [0.3, 0.4) is 0 Å². The van der Waals surface area contributed by atoms with Crippen molar-refractivity contribution < 1.29 is 32.2 Å². The molecule has 1 fully saturated rings. The van der Waals surface area contributed by atoms with E-state index in [1.165, 1.54) is 5.56 Å². The van der Waals surface area contributed by atoms with Crippen LogP contribution >= 0.6 is 0 Å². The first-order valence-corrected chi connectivity index (χ1v) is 10.6. The zero-order valence-corrected chi connectivity index (χ0v) is 17.6. The second kappa shape index (κ2) is 11.1. The quantitative estimate of drug-likeness (QED) is 0.377. The number of carbonyl (C=O) groups is 2. The Balaban J connectivity index is 1.39. The summed E-state index contributed by atoms with van der Waals surface area (Å²) >= 11 is 0. The van der Waals surface area contributed by atoms with Crippen molar-refractivity contribution in [2.75, 3.05) is 19.7 Å². The Morgan fingerprint density at radius 2 is 1.56 bits per heavy atom. The third-order valence-corrected chi connectivity index (χ3v) is 5.22. The van der Waals surface area contributed by atoms with Crippen LogP contribution in [0.4, 0.5) is 13.2 Å². The van der Waals surface area contributed by atoms with E-state index in [9.17, 15) is 22.8 Å². The molecule has 172 valence electrons. The second-order valence-electron chi connectivity index (χ2n) is 7.75. The lowest BCUT2D eigenvalue weighted by Gasteiger charge is -2.21. The van der Waals surface area contributed by atoms with Gasteiger partial charge in [-0.1, -0.05) is 42.5 Å². The van der Waals surface area contributed by atoms with Crippen LogP contribution in [0.1, 0.15) is 30.4 Å². The summed E-state index contributed by atoms with van der Waals surface area (Å²) in [5, 5.41) is 0. The molecule has 1 aliphatic carbocycles. The van der Waals surface area contributed by atoms with Crippen molar-refractivity contribution >= 4 is 11.9 Å². The SMILES string of the molecule is O=C(CCN(CCc1ccc(OCCc2ccccc2)cc1)C1CC1)OC(=O)C(F)(F)F. The maximum absolute atomic E-state index is 12.2. The van der Waals surface area contributed by atoms with E-state index in [1.54, 1.807) is 0 Å². The molecule has 0 saturated heterocycles. The van der Waals surface area contributed by atoms with Gasteiger partial charge in [-0.2, -0.15) is 13.2 Å². The average molecular weight is 449 g/mol. The van der Waals surface area contributed by atoms with Gasteiger partial charge >= 0.3 is 18.1 Å². The Kier molecular flexibility index (Phi) is 8.27. The van der Waals surface area contributed by atoms with Crippen LogP contribution in [-0.2, 0) is 27.2 Å². The Hall–Kier alpha value is -2.87. The van der Waals surface area contributed by atoms with Crippen LogP contribution in [0.25, 0.3) is 0 Å². The van der Waals surface area contributed by atoms with E-state index in [0.717, 1.165) is 37.0 Å². The molecule has 0 amide bonds. The first-order valence-electron chi connectivity index (χ1n) is 10.6. The summed E-state index contributed by atoms with van der Waals surface area (Å²) in [7, 11) is 0. The molecule has 0 atom stereocenters. The number of esters is 2. The highest BCUT2D eigenvalue weighted by molar-refractivity contribution is 5.88. The minimum Gasteiger partial charge on any atom is -0.493 e. The third kappa shape index (κ3) is 8.00. The normalized spacial score (nSPS) is 13.8. The summed E-state index contributed by atoms with van der Waals surface area (Å²) in [6, 6.07) is 18.2. The Morgan fingerprint density at radius 1 is 0.906 bits per heavy atom. The minimum absolute atomic E-state index is 0.257. The Morgan fingerprint density at radius 3 is 2.19 bits per heavy atom. The van der Waals surface area contributed by atoms with Gasteiger partial charge in [-0.3, -0.25) is 9.69 Å². The molecule has 0 N–H and O–H groups in total. The highest BCUT2D eigenvalue weighted by Gasteiger charge is 2.42. The standard InChI is InChI=1S/C24H26F3NO4/c25-24(26,27)23(30)32-22(29)13-16-28(20-8-9-20)15-12-19-6-10-21(11-7-19)31-17-14-18-4-2-1-3-5-18/h1-7,10-11,20H,8-9,12-17H2. The summed E-state index contributed by atoms with van der Waals surface area (Å²) in [6.45, 7) is 1.51. The number of hydrogen-bond acceptors (Lipinski definition) is 5. The van der Waals surface area contributed by atoms with Gasteiger partial charge in [-0.15, -0.1) is 0 Å². The molecule has 2 aromatic rings. The van der Waals surface area contributed by atoms with Gasteiger partial charge in [0.25, 0.3) is 0 Å². The number of carbonyl (C=O) groups excluding carboxylic acids is 2. The van der Waals surface area contributed by atoms with Gasteiger partial charge in [0, 0.05) is 25.6 Å². The predicted octanol–water partition coefficient (Wildman–Crippen LogP) is 4.34. The zero-order chi connectivity index (χ0) is 23.0. The minimum atomic E-state index is -5.16. The van der Waals surface area contributed by atoms with Gasteiger partial charge in [0.05, 0.1) is 13.0 Å². The van der Waals surface area contributed by atoms with Crippen LogP contribution < -0.4 is 4.74 Å². The molecule has 8 heteroatoms. The van der Waals surface area contributed by atoms with E-state index in [2.05, 4.69) is 21.8 Å². The monoisotopic (exact) mass is 449 g/mol. The molecule has 0 aliphatic heterocycles. The second-order valence-corrected chi connectivity index (χ2v) is 7.75. The number of ether oxygens (including phenoxy) is 2. The van der Waals surface area contributed by atoms with Crippen molar-refractivity contribution in [1.29, 1.82) is 0 Å². The molecule has 32 heavy (non-hydrogen) atoms. The fourth-order valence-electron chi connectivity index (χ4n) is 3.32. The molecule has 1 aliphatic rings. The van der Waals surface area contributed by atoms with Crippen LogP contribution in [0.15, 0.2) is 54.6 Å². The van der Waals surface area contributed by atoms with Crippen molar-refractivity contribution in [3.63, 3.8) is 0 Å². The maximum Gasteiger partial charge on any atom is 0.491 e. The number of benzene rings is 2. The number of alkyl halides is 3. The molecule has 0 spiro atoms. The van der Waals surface area contributed by atoms with E-state index in [1.807, 2.05) is 42.5 Å². The molecule has 0 radical (unpaired) electrons. The van der Waals surface area contributed by atoms with Gasteiger partial charge in [-0.05, 0) is 42.5 Å². The zero-order valence-electron chi connectivity index (χ0n) is 17.6. The van der Waals surface area contributed by atoms with Crippen molar-refractivity contribution in [1.82, 2.24) is 4.90 Å². The third-order valence-electron chi connectivity index (χ3n) is 5.22. The fourth-order valence-corrected chi connectivity index (χ4v) is 3.32. The van der Waals surface area contributed by atoms with Crippen LogP contribution in [0.5, 0.6) is 5.75 Å². The summed E-state index contributed by atoms with van der Waals surface area (Å²) in [4.78, 5) is 24.4. The van der Waals surface area contributed by atoms with Gasteiger partial charge in [0.15, 0.2) is 0 Å². The van der Waals surface area contributed by atoms with E-state index >= 15 is 0 Å². The molecule has 1 saturated carbocycles. The molecule has 5 nitrogen and oxygen atoms in total. The Labute approximate surface area is 185 Å². The van der Waals surface area contributed by atoms with Crippen molar-refractivity contribution in [3.05, 3.63) is 65.7 Å². The van der Waals surface area contributed by atoms with E-state index in [-0.39, 0.29) is 13.0 Å². The summed E-state index contributed by atoms with van der Waals surface area (Å²) in [6.07, 6.45) is -1.88. The highest BCUT2D eigenvalue weighted by Crippen LogP contribution is 2.27. The van der Waals surface area contributed by atoms with Gasteiger partial charge in [0.1, 0.15) is 5.75 Å². The largest absolute Gasteiger partial charge is 0.493 e. The molecular formula is C24H26F3NO4. The topological polar surface area (TPSA) is 55.8 Å². The van der Waals surface area contributed by atoms with Gasteiger partial charge in [-0.25, -0.2) is 4.79 Å². The van der Waals surface area contributed by atoms with E-state index in [4.69, 9.17) is 4.74 Å². The van der Waals surface area contributed by atoms with Crippen molar-refractivity contribution in [2.24, 2.45) is 0 Å². The summed E-state index contributed by atoms with van der Waals surface area (Å²) in [5.41, 5.74) is 2.32. The van der Waals surface area contributed by atoms with Crippen LogP contribution in [0, 0.1) is 0 Å². The summed E-state index contributed by atoms with van der Waals surface area (Å²) < 4.78 is 46.2. The number of nitrogens with zero attached hydrogens (tertiary/aromatic N) is 1. The first-order chi connectivity index (χ1) is 15.3. The number of rotatable bonds is 11. The highest BCUT2D eigenvalue weighted by atomic mass is 19.4. The lowest BCUT2D eigenvalue weighted by Crippen LogP contribution is -2.33. The van der Waals surface area contributed by atoms with Crippen LogP contribution in [0.2, 0.25) is 0 Å². The van der Waals surface area contributed by atoms with Crippen molar-refractivity contribution in [2.45, 2.75) is 44.3 Å². The summed E-state index contributed by atoms with van der Waals surface area (Å²) in [5.74, 6) is -2.83. The average Bonchev–Trinajstić information content (AvgIpc) is 3.60. The molecule has 0 bridgehead atoms. The van der Waals surface area contributed by atoms with Gasteiger partial charge < -0.3 is 9.47 Å². The maximum atomic E-state index is 12.2. The van der Waals surface area contributed by atoms with Gasteiger partial charge in [0.2, 0.25) is 0 Å². The fraction of sp³-hybridized carbons (Fsp3) is 0.417. The number of halogens is 3. The first kappa shape index (κ1) is 23.8. The lowest BCUT2D eigenvalue weighted by atomic mass is 10.1. The van der Waals surface area contributed by atoms with Crippen LogP contribution in [-0.4, -0.2) is 48.8 Å². The van der Waals surface area contributed by atoms with E-state index in [0.29, 0.717) is 19.2 Å². The number of hydrogen-bond donors (Lipinski definition) is 0. The van der Waals surface area contributed by atoms with Crippen molar-refractivity contribution in [3.8, 4) is 5.75 Å². The predicted molar refractivity (Wildman–Crippen MR) is 112 cm³/mol. The van der Waals surface area contributed by atoms with E-state index < -0.39 is 18.1 Å². The molecule has 0 aromatic heterocycles. The molecule has 0 unspecified atom stereocenters.